The predicted octanol–water partition coefficient (Wildman–Crippen LogP) is 2.49. The minimum absolute atomic E-state index is 0. The van der Waals surface area contributed by atoms with E-state index in [-0.39, 0.29) is 34.9 Å². The molecule has 0 unspecified atom stereocenters. The lowest BCUT2D eigenvalue weighted by Crippen LogP contribution is -2.72. The van der Waals surface area contributed by atoms with Gasteiger partial charge in [-0.05, 0) is 20.8 Å². The zero-order valence-electron chi connectivity index (χ0n) is 15.1. The molecule has 7 heteroatoms. The summed E-state index contributed by atoms with van der Waals surface area (Å²) in [4.78, 5) is 7.07. The number of rotatable bonds is 4. The summed E-state index contributed by atoms with van der Waals surface area (Å²) >= 11 is 0. The summed E-state index contributed by atoms with van der Waals surface area (Å²) in [6.45, 7) is 17.0. The van der Waals surface area contributed by atoms with Crippen LogP contribution in [0.1, 0.15) is 39.3 Å². The molecular formula is C16H29IN6. The maximum Gasteiger partial charge on any atom is 0.195 e. The SMILES string of the molecule is C=CCNC(=NCc1nnc(C)n1C)N1CC(C)(C)C1(C)C.I. The minimum atomic E-state index is 0. The standard InChI is InChI=1S/C16H28N6.HI/c1-8-9-17-14(22-11-15(3,4)16(22,5)6)18-10-13-20-19-12(2)21(13)7;/h8H,1,9-11H2,2-7H3,(H,17,18);1H. The Morgan fingerprint density at radius 3 is 2.43 bits per heavy atom. The average molecular weight is 432 g/mol. The number of likely N-dealkylation sites (tertiary alicyclic amines) is 1. The van der Waals surface area contributed by atoms with Crippen LogP contribution in [0.2, 0.25) is 0 Å². The second-order valence-corrected chi connectivity index (χ2v) is 7.06. The molecule has 1 N–H and O–H groups in total. The number of halogens is 1. The lowest BCUT2D eigenvalue weighted by molar-refractivity contribution is -0.0667. The van der Waals surface area contributed by atoms with Crippen molar-refractivity contribution in [2.75, 3.05) is 13.1 Å². The lowest BCUT2D eigenvalue weighted by atomic mass is 9.65. The molecule has 0 spiro atoms. The van der Waals surface area contributed by atoms with Gasteiger partial charge in [0, 0.05) is 31.1 Å². The Morgan fingerprint density at radius 2 is 2.00 bits per heavy atom. The molecule has 1 aromatic rings. The van der Waals surface area contributed by atoms with Crippen LogP contribution in [0.5, 0.6) is 0 Å². The van der Waals surface area contributed by atoms with E-state index < -0.39 is 0 Å². The minimum Gasteiger partial charge on any atom is -0.353 e. The van der Waals surface area contributed by atoms with Crippen molar-refractivity contribution in [2.24, 2.45) is 17.5 Å². The normalized spacial score (nSPS) is 18.9. The average Bonchev–Trinajstić information content (AvgIpc) is 2.77. The van der Waals surface area contributed by atoms with Gasteiger partial charge in [-0.25, -0.2) is 4.99 Å². The van der Waals surface area contributed by atoms with Gasteiger partial charge in [-0.1, -0.05) is 19.9 Å². The fraction of sp³-hybridized carbons (Fsp3) is 0.688. The van der Waals surface area contributed by atoms with E-state index in [1.807, 2.05) is 24.6 Å². The largest absolute Gasteiger partial charge is 0.353 e. The van der Waals surface area contributed by atoms with Crippen molar-refractivity contribution in [3.05, 3.63) is 24.3 Å². The zero-order chi connectivity index (χ0) is 16.5. The van der Waals surface area contributed by atoms with Crippen molar-refractivity contribution in [1.82, 2.24) is 25.0 Å². The molecular weight excluding hydrogens is 403 g/mol. The van der Waals surface area contributed by atoms with Gasteiger partial charge in [0.1, 0.15) is 12.4 Å². The topological polar surface area (TPSA) is 58.3 Å². The number of aromatic nitrogens is 3. The summed E-state index contributed by atoms with van der Waals surface area (Å²) in [6, 6.07) is 0. The highest BCUT2D eigenvalue weighted by molar-refractivity contribution is 14.0. The van der Waals surface area contributed by atoms with E-state index in [9.17, 15) is 0 Å². The second-order valence-electron chi connectivity index (χ2n) is 7.06. The molecule has 0 amide bonds. The Labute approximate surface area is 156 Å². The molecule has 0 atom stereocenters. The first-order valence-electron chi connectivity index (χ1n) is 7.72. The van der Waals surface area contributed by atoms with Gasteiger partial charge in [-0.15, -0.1) is 40.8 Å². The van der Waals surface area contributed by atoms with Crippen LogP contribution in [-0.4, -0.2) is 44.3 Å². The number of hydrogen-bond acceptors (Lipinski definition) is 3. The van der Waals surface area contributed by atoms with E-state index in [0.29, 0.717) is 13.1 Å². The fourth-order valence-corrected chi connectivity index (χ4v) is 2.53. The van der Waals surface area contributed by atoms with E-state index in [4.69, 9.17) is 4.99 Å². The Balaban J connectivity index is 0.00000264. The summed E-state index contributed by atoms with van der Waals surface area (Å²) in [7, 11) is 1.97. The fourth-order valence-electron chi connectivity index (χ4n) is 2.53. The molecule has 1 aliphatic rings. The highest BCUT2D eigenvalue weighted by Crippen LogP contribution is 2.46. The molecule has 1 fully saturated rings. The molecule has 6 nitrogen and oxygen atoms in total. The first kappa shape index (κ1) is 19.9. The summed E-state index contributed by atoms with van der Waals surface area (Å²) in [5, 5.41) is 11.6. The van der Waals surface area contributed by atoms with E-state index in [1.165, 1.54) is 0 Å². The van der Waals surface area contributed by atoms with Crippen molar-refractivity contribution in [3.8, 4) is 0 Å². The highest BCUT2D eigenvalue weighted by Gasteiger charge is 2.53. The summed E-state index contributed by atoms with van der Waals surface area (Å²) in [5.74, 6) is 2.68. The molecule has 0 aliphatic carbocycles. The number of hydrogen-bond donors (Lipinski definition) is 1. The monoisotopic (exact) mass is 432 g/mol. The van der Waals surface area contributed by atoms with Crippen molar-refractivity contribution in [2.45, 2.75) is 46.7 Å². The Bertz CT molecular complexity index is 587. The van der Waals surface area contributed by atoms with Crippen molar-refractivity contribution >= 4 is 29.9 Å². The first-order valence-corrected chi connectivity index (χ1v) is 7.72. The van der Waals surface area contributed by atoms with Gasteiger partial charge in [0.25, 0.3) is 0 Å². The Morgan fingerprint density at radius 1 is 1.35 bits per heavy atom. The van der Waals surface area contributed by atoms with E-state index in [0.717, 1.165) is 24.2 Å². The molecule has 1 saturated heterocycles. The molecule has 1 aromatic heterocycles. The lowest BCUT2D eigenvalue weighted by Gasteiger charge is -2.62. The molecule has 2 rings (SSSR count). The maximum absolute atomic E-state index is 4.75. The van der Waals surface area contributed by atoms with Crippen molar-refractivity contribution < 1.29 is 0 Å². The quantitative estimate of drug-likeness (QED) is 0.344. The van der Waals surface area contributed by atoms with Gasteiger partial charge >= 0.3 is 0 Å². The zero-order valence-corrected chi connectivity index (χ0v) is 17.4. The summed E-state index contributed by atoms with van der Waals surface area (Å²) in [5.41, 5.74) is 0.334. The molecule has 0 bridgehead atoms. The summed E-state index contributed by atoms with van der Waals surface area (Å²) in [6.07, 6.45) is 1.85. The van der Waals surface area contributed by atoms with Gasteiger partial charge in [-0.3, -0.25) is 0 Å². The Kier molecular flexibility index (Phi) is 6.23. The smallest absolute Gasteiger partial charge is 0.195 e. The van der Waals surface area contributed by atoms with Crippen LogP contribution in [0.4, 0.5) is 0 Å². The number of aryl methyl sites for hydroxylation is 1. The highest BCUT2D eigenvalue weighted by atomic mass is 127. The summed E-state index contributed by atoms with van der Waals surface area (Å²) < 4.78 is 1.97. The van der Waals surface area contributed by atoms with Crippen LogP contribution in [0.15, 0.2) is 17.6 Å². The van der Waals surface area contributed by atoms with E-state index >= 15 is 0 Å². The van der Waals surface area contributed by atoms with Crippen LogP contribution in [-0.2, 0) is 13.6 Å². The first-order chi connectivity index (χ1) is 10.2. The van der Waals surface area contributed by atoms with Crippen LogP contribution < -0.4 is 5.32 Å². The molecule has 130 valence electrons. The van der Waals surface area contributed by atoms with Crippen molar-refractivity contribution in [1.29, 1.82) is 0 Å². The molecule has 0 radical (unpaired) electrons. The van der Waals surface area contributed by atoms with Crippen LogP contribution >= 0.6 is 24.0 Å². The number of guanidine groups is 1. The van der Waals surface area contributed by atoms with Crippen molar-refractivity contribution in [3.63, 3.8) is 0 Å². The van der Waals surface area contributed by atoms with Crippen LogP contribution in [0.3, 0.4) is 0 Å². The van der Waals surface area contributed by atoms with Gasteiger partial charge < -0.3 is 14.8 Å². The molecule has 1 aliphatic heterocycles. The molecule has 0 aromatic carbocycles. The molecule has 0 saturated carbocycles. The third-order valence-corrected chi connectivity index (χ3v) is 5.10. The van der Waals surface area contributed by atoms with Gasteiger partial charge in [-0.2, -0.15) is 0 Å². The van der Waals surface area contributed by atoms with E-state index in [1.54, 1.807) is 0 Å². The van der Waals surface area contributed by atoms with Crippen LogP contribution in [0.25, 0.3) is 0 Å². The third kappa shape index (κ3) is 3.70. The maximum atomic E-state index is 4.75. The Hall–Kier alpha value is -1.12. The third-order valence-electron chi connectivity index (χ3n) is 5.10. The number of nitrogens with one attached hydrogen (secondary N) is 1. The molecule has 2 heterocycles. The van der Waals surface area contributed by atoms with Gasteiger partial charge in [0.15, 0.2) is 11.8 Å². The molecule has 23 heavy (non-hydrogen) atoms. The second kappa shape index (κ2) is 7.19. The number of nitrogens with zero attached hydrogens (tertiary/aromatic N) is 5. The number of aliphatic imine (C=N–C) groups is 1. The predicted molar refractivity (Wildman–Crippen MR) is 105 cm³/mol. The van der Waals surface area contributed by atoms with Gasteiger partial charge in [0.2, 0.25) is 0 Å². The van der Waals surface area contributed by atoms with Gasteiger partial charge in [0.05, 0.1) is 0 Å². The van der Waals surface area contributed by atoms with Crippen LogP contribution in [0, 0.1) is 12.3 Å². The van der Waals surface area contributed by atoms with E-state index in [2.05, 4.69) is 54.7 Å².